The van der Waals surface area contributed by atoms with Crippen LogP contribution in [-0.4, -0.2) is 62.3 Å². The maximum absolute atomic E-state index is 5.50. The number of unbranched alkanes of at least 4 members (excludes halogenated alkanes) is 1. The molecule has 0 unspecified atom stereocenters. The average Bonchev–Trinajstić information content (AvgIpc) is 3.08. The molecule has 0 saturated heterocycles. The molecule has 0 fully saturated rings. The van der Waals surface area contributed by atoms with Crippen LogP contribution in [0.15, 0.2) is 23.5 Å². The second-order valence-electron chi connectivity index (χ2n) is 5.13. The molecule has 0 amide bonds. The van der Waals surface area contributed by atoms with E-state index in [9.17, 15) is 0 Å². The third kappa shape index (κ3) is 12.5. The van der Waals surface area contributed by atoms with Gasteiger partial charge in [-0.15, -0.1) is 24.0 Å². The Morgan fingerprint density at radius 1 is 1.08 bits per heavy atom. The van der Waals surface area contributed by atoms with E-state index >= 15 is 0 Å². The van der Waals surface area contributed by atoms with E-state index in [1.54, 1.807) is 13.2 Å². The zero-order chi connectivity index (χ0) is 16.6. The molecule has 1 heterocycles. The summed E-state index contributed by atoms with van der Waals surface area (Å²) in [6.45, 7) is 7.42. The van der Waals surface area contributed by atoms with Crippen molar-refractivity contribution in [3.63, 3.8) is 0 Å². The van der Waals surface area contributed by atoms with Crippen molar-refractivity contribution in [3.05, 3.63) is 18.5 Å². The molecule has 140 valence electrons. The van der Waals surface area contributed by atoms with Crippen LogP contribution in [0.2, 0.25) is 0 Å². The fourth-order valence-electron chi connectivity index (χ4n) is 1.91. The first kappa shape index (κ1) is 23.1. The summed E-state index contributed by atoms with van der Waals surface area (Å²) in [5, 5.41) is 10.7. The van der Waals surface area contributed by atoms with Crippen LogP contribution >= 0.6 is 24.0 Å². The molecule has 0 saturated carbocycles. The van der Waals surface area contributed by atoms with E-state index in [4.69, 9.17) is 9.47 Å². The third-order valence-corrected chi connectivity index (χ3v) is 3.19. The van der Waals surface area contributed by atoms with Crippen molar-refractivity contribution in [1.29, 1.82) is 0 Å². The number of ether oxygens (including phenoxy) is 2. The number of hydrogen-bond donors (Lipinski definition) is 2. The second kappa shape index (κ2) is 17.0. The van der Waals surface area contributed by atoms with Crippen LogP contribution in [0.1, 0.15) is 26.2 Å². The van der Waals surface area contributed by atoms with Gasteiger partial charge in [0.1, 0.15) is 0 Å². The lowest BCUT2D eigenvalue weighted by Gasteiger charge is -2.12. The first-order valence-electron chi connectivity index (χ1n) is 8.44. The summed E-state index contributed by atoms with van der Waals surface area (Å²) in [5.41, 5.74) is 0. The quantitative estimate of drug-likeness (QED) is 0.207. The number of halogens is 1. The van der Waals surface area contributed by atoms with E-state index in [-0.39, 0.29) is 24.0 Å². The Morgan fingerprint density at radius 3 is 2.50 bits per heavy atom. The van der Waals surface area contributed by atoms with Gasteiger partial charge >= 0.3 is 0 Å². The highest BCUT2D eigenvalue weighted by atomic mass is 127. The lowest BCUT2D eigenvalue weighted by molar-refractivity contribution is 0.0487. The monoisotopic (exact) mass is 453 g/mol. The van der Waals surface area contributed by atoms with Crippen molar-refractivity contribution in [2.75, 3.05) is 46.6 Å². The van der Waals surface area contributed by atoms with E-state index in [2.05, 4.69) is 27.6 Å². The van der Waals surface area contributed by atoms with Gasteiger partial charge in [0.15, 0.2) is 5.96 Å². The van der Waals surface area contributed by atoms with Crippen molar-refractivity contribution < 1.29 is 9.47 Å². The molecule has 0 radical (unpaired) electrons. The summed E-state index contributed by atoms with van der Waals surface area (Å²) in [6, 6.07) is 1.93. The van der Waals surface area contributed by atoms with Crippen molar-refractivity contribution in [3.8, 4) is 0 Å². The first-order valence-corrected chi connectivity index (χ1v) is 8.44. The van der Waals surface area contributed by atoms with Crippen LogP contribution in [0, 0.1) is 0 Å². The first-order chi connectivity index (χ1) is 11.4. The van der Waals surface area contributed by atoms with Gasteiger partial charge < -0.3 is 20.1 Å². The number of aliphatic imine (C=N–C) groups is 1. The molecule has 0 aliphatic heterocycles. The Balaban J connectivity index is 0.00000529. The third-order valence-electron chi connectivity index (χ3n) is 3.19. The molecule has 0 aliphatic rings. The highest BCUT2D eigenvalue weighted by Gasteiger charge is 1.97. The number of rotatable bonds is 13. The highest BCUT2D eigenvalue weighted by molar-refractivity contribution is 14.0. The molecule has 1 aromatic heterocycles. The van der Waals surface area contributed by atoms with E-state index in [0.717, 1.165) is 45.0 Å². The Morgan fingerprint density at radius 2 is 1.83 bits per heavy atom. The predicted molar refractivity (Wildman–Crippen MR) is 108 cm³/mol. The number of aryl methyl sites for hydroxylation is 1. The molecule has 0 atom stereocenters. The summed E-state index contributed by atoms with van der Waals surface area (Å²) in [7, 11) is 1.77. The molecule has 2 N–H and O–H groups in total. The standard InChI is InChI=1S/C16H31N5O2.HI/c1-3-4-12-22-14-15-23-13-9-19-16(17-2)18-7-5-10-21-11-6-8-20-21;/h6,8,11H,3-5,7,9-10,12-15H2,1-2H3,(H2,17,18,19);1H. The van der Waals surface area contributed by atoms with Crippen molar-refractivity contribution in [2.45, 2.75) is 32.7 Å². The molecule has 24 heavy (non-hydrogen) atoms. The van der Waals surface area contributed by atoms with E-state index in [1.165, 1.54) is 6.42 Å². The zero-order valence-electron chi connectivity index (χ0n) is 14.9. The molecular weight excluding hydrogens is 421 g/mol. The minimum absolute atomic E-state index is 0. The number of nitrogens with one attached hydrogen (secondary N) is 2. The largest absolute Gasteiger partial charge is 0.379 e. The van der Waals surface area contributed by atoms with Crippen LogP contribution in [0.4, 0.5) is 0 Å². The van der Waals surface area contributed by atoms with Crippen molar-refractivity contribution in [1.82, 2.24) is 20.4 Å². The van der Waals surface area contributed by atoms with Crippen LogP contribution in [0.25, 0.3) is 0 Å². The number of hydrogen-bond acceptors (Lipinski definition) is 4. The second-order valence-corrected chi connectivity index (χ2v) is 5.13. The lowest BCUT2D eigenvalue weighted by Crippen LogP contribution is -2.39. The maximum Gasteiger partial charge on any atom is 0.191 e. The molecule has 0 aromatic carbocycles. The van der Waals surface area contributed by atoms with Gasteiger partial charge in [-0.05, 0) is 18.9 Å². The average molecular weight is 453 g/mol. The van der Waals surface area contributed by atoms with Crippen LogP contribution in [0.3, 0.4) is 0 Å². The van der Waals surface area contributed by atoms with Crippen LogP contribution < -0.4 is 10.6 Å². The van der Waals surface area contributed by atoms with Gasteiger partial charge in [-0.25, -0.2) is 0 Å². The van der Waals surface area contributed by atoms with E-state index < -0.39 is 0 Å². The molecular formula is C16H32IN5O2. The van der Waals surface area contributed by atoms with Gasteiger partial charge in [0.05, 0.1) is 19.8 Å². The van der Waals surface area contributed by atoms with Crippen molar-refractivity contribution >= 4 is 29.9 Å². The fraction of sp³-hybridized carbons (Fsp3) is 0.750. The minimum Gasteiger partial charge on any atom is -0.379 e. The molecule has 7 nitrogen and oxygen atoms in total. The Bertz CT molecular complexity index is 401. The Kier molecular flexibility index (Phi) is 16.4. The zero-order valence-corrected chi connectivity index (χ0v) is 17.2. The molecule has 8 heteroatoms. The smallest absolute Gasteiger partial charge is 0.191 e. The van der Waals surface area contributed by atoms with Gasteiger partial charge in [-0.2, -0.15) is 5.10 Å². The van der Waals surface area contributed by atoms with Gasteiger partial charge in [-0.3, -0.25) is 9.67 Å². The summed E-state index contributed by atoms with van der Waals surface area (Å²) in [5.74, 6) is 0.799. The van der Waals surface area contributed by atoms with Gasteiger partial charge in [0.25, 0.3) is 0 Å². The lowest BCUT2D eigenvalue weighted by atomic mass is 10.4. The molecule has 1 rings (SSSR count). The molecule has 0 aliphatic carbocycles. The van der Waals surface area contributed by atoms with Crippen LogP contribution in [0.5, 0.6) is 0 Å². The Labute approximate surface area is 162 Å². The number of nitrogens with zero attached hydrogens (tertiary/aromatic N) is 3. The molecule has 1 aromatic rings. The van der Waals surface area contributed by atoms with Gasteiger partial charge in [0.2, 0.25) is 0 Å². The maximum atomic E-state index is 5.50. The van der Waals surface area contributed by atoms with Crippen LogP contribution in [-0.2, 0) is 16.0 Å². The normalized spacial score (nSPS) is 11.2. The summed E-state index contributed by atoms with van der Waals surface area (Å²) < 4.78 is 12.9. The predicted octanol–water partition coefficient (Wildman–Crippen LogP) is 1.89. The Hall–Kier alpha value is -0.870. The molecule has 0 bridgehead atoms. The SMILES string of the molecule is CCCCOCCOCCNC(=NC)NCCCn1cccn1.I. The van der Waals surface area contributed by atoms with E-state index in [1.807, 2.05) is 16.9 Å². The van der Waals surface area contributed by atoms with E-state index in [0.29, 0.717) is 19.8 Å². The van der Waals surface area contributed by atoms with Crippen molar-refractivity contribution in [2.24, 2.45) is 4.99 Å². The van der Waals surface area contributed by atoms with Gasteiger partial charge in [-0.1, -0.05) is 13.3 Å². The minimum atomic E-state index is 0. The summed E-state index contributed by atoms with van der Waals surface area (Å²) >= 11 is 0. The number of aromatic nitrogens is 2. The number of guanidine groups is 1. The van der Waals surface area contributed by atoms with Gasteiger partial charge in [0, 0.05) is 45.7 Å². The highest BCUT2D eigenvalue weighted by Crippen LogP contribution is 1.88. The fourth-order valence-corrected chi connectivity index (χ4v) is 1.91. The topological polar surface area (TPSA) is 72.7 Å². The summed E-state index contributed by atoms with van der Waals surface area (Å²) in [6.07, 6.45) is 7.04. The molecule has 0 spiro atoms. The summed E-state index contributed by atoms with van der Waals surface area (Å²) in [4.78, 5) is 4.18.